The number of carbonyl (C=O) groups excluding carboxylic acids is 1. The number of benzene rings is 3. The monoisotopic (exact) mass is 531 g/mol. The third kappa shape index (κ3) is 6.96. The predicted octanol–water partition coefficient (Wildman–Crippen LogP) is 4.38. The first-order valence-electron chi connectivity index (χ1n) is 13.4. The number of hydrogen-bond acceptors (Lipinski definition) is 7. The molecule has 3 aromatic carbocycles. The molecule has 1 amide bonds. The van der Waals surface area contributed by atoms with Crippen molar-refractivity contribution in [3.8, 4) is 11.5 Å². The van der Waals surface area contributed by atoms with Crippen molar-refractivity contribution in [1.82, 2.24) is 10.9 Å². The number of ether oxygens (including phenoxy) is 3. The lowest BCUT2D eigenvalue weighted by atomic mass is 9.82. The fourth-order valence-corrected chi connectivity index (χ4v) is 4.51. The van der Waals surface area contributed by atoms with Gasteiger partial charge in [0.2, 0.25) is 5.90 Å². The summed E-state index contributed by atoms with van der Waals surface area (Å²) in [6, 6.07) is 24.8. The van der Waals surface area contributed by atoms with E-state index in [1.807, 2.05) is 78.9 Å². The van der Waals surface area contributed by atoms with Crippen molar-refractivity contribution in [1.29, 1.82) is 0 Å². The van der Waals surface area contributed by atoms with Crippen molar-refractivity contribution in [3.05, 3.63) is 95.6 Å². The Morgan fingerprint density at radius 3 is 2.54 bits per heavy atom. The van der Waals surface area contributed by atoms with Crippen LogP contribution in [0.25, 0.3) is 0 Å². The molecule has 0 saturated heterocycles. The van der Waals surface area contributed by atoms with E-state index >= 15 is 0 Å². The molecule has 206 valence electrons. The Balaban J connectivity index is 1.74. The van der Waals surface area contributed by atoms with Gasteiger partial charge in [-0.1, -0.05) is 55.8 Å². The van der Waals surface area contributed by atoms with E-state index in [4.69, 9.17) is 24.3 Å². The van der Waals surface area contributed by atoms with E-state index in [1.165, 1.54) is 0 Å². The van der Waals surface area contributed by atoms with Crippen molar-refractivity contribution in [2.75, 3.05) is 26.9 Å². The second-order valence-electron chi connectivity index (χ2n) is 9.46. The number of amides is 1. The molecule has 39 heavy (non-hydrogen) atoms. The number of aliphatic imine (C=N–C) groups is 1. The molecule has 0 unspecified atom stereocenters. The van der Waals surface area contributed by atoms with Crippen LogP contribution in [0.2, 0.25) is 0 Å². The molecule has 0 aliphatic carbocycles. The number of rotatable bonds is 14. The normalized spacial score (nSPS) is 18.2. The Hall–Kier alpha value is -3.88. The van der Waals surface area contributed by atoms with E-state index in [2.05, 4.69) is 17.8 Å². The van der Waals surface area contributed by atoms with E-state index in [0.717, 1.165) is 29.5 Å². The Morgan fingerprint density at radius 1 is 1.03 bits per heavy atom. The van der Waals surface area contributed by atoms with Crippen molar-refractivity contribution in [3.63, 3.8) is 0 Å². The van der Waals surface area contributed by atoms with E-state index in [1.54, 1.807) is 7.11 Å². The van der Waals surface area contributed by atoms with Gasteiger partial charge in [0.05, 0.1) is 13.7 Å². The van der Waals surface area contributed by atoms with Gasteiger partial charge in [0, 0.05) is 31.6 Å². The third-order valence-corrected chi connectivity index (χ3v) is 6.60. The van der Waals surface area contributed by atoms with Gasteiger partial charge in [-0.15, -0.1) is 0 Å². The van der Waals surface area contributed by atoms with Crippen molar-refractivity contribution in [2.45, 2.75) is 44.2 Å². The molecular weight excluding hydrogens is 494 g/mol. The minimum Gasteiger partial charge on any atom is -0.497 e. The molecule has 1 aliphatic heterocycles. The van der Waals surface area contributed by atoms with Crippen molar-refractivity contribution >= 4 is 11.8 Å². The maximum Gasteiger partial charge on any atom is 0.266 e. The lowest BCUT2D eigenvalue weighted by molar-refractivity contribution is -0.130. The smallest absolute Gasteiger partial charge is 0.266 e. The Labute approximate surface area is 230 Å². The van der Waals surface area contributed by atoms with Gasteiger partial charge in [0.25, 0.3) is 5.91 Å². The molecule has 1 aliphatic rings. The highest BCUT2D eigenvalue weighted by Gasteiger charge is 2.53. The molecule has 3 aromatic rings. The largest absolute Gasteiger partial charge is 0.497 e. The van der Waals surface area contributed by atoms with Crippen LogP contribution in [-0.2, 0) is 16.0 Å². The van der Waals surface area contributed by atoms with Gasteiger partial charge in [-0.25, -0.2) is 10.4 Å². The van der Waals surface area contributed by atoms with E-state index in [-0.39, 0.29) is 12.5 Å². The van der Waals surface area contributed by atoms with E-state index in [0.29, 0.717) is 43.4 Å². The SMILES string of the molecule is CCCCNNC(=O)[C@@]1(Cc2ccccc2)N=C(c2ccc(OCCCO)cc2)O[C@H]1c1cccc(OC)c1. The summed E-state index contributed by atoms with van der Waals surface area (Å²) >= 11 is 0. The quantitative estimate of drug-likeness (QED) is 0.211. The first-order valence-corrected chi connectivity index (χ1v) is 13.4. The molecule has 0 saturated carbocycles. The number of hydrazine groups is 1. The molecule has 0 bridgehead atoms. The van der Waals surface area contributed by atoms with Crippen LogP contribution >= 0.6 is 0 Å². The van der Waals surface area contributed by atoms with Crippen LogP contribution < -0.4 is 20.3 Å². The summed E-state index contributed by atoms with van der Waals surface area (Å²) in [7, 11) is 1.61. The first-order chi connectivity index (χ1) is 19.1. The molecule has 2 atom stereocenters. The maximum absolute atomic E-state index is 14.0. The Kier molecular flexibility index (Phi) is 9.94. The predicted molar refractivity (Wildman–Crippen MR) is 151 cm³/mol. The number of nitrogens with zero attached hydrogens (tertiary/aromatic N) is 1. The number of aliphatic hydroxyl groups excluding tert-OH is 1. The summed E-state index contributed by atoms with van der Waals surface area (Å²) in [4.78, 5) is 19.0. The minimum atomic E-state index is -1.28. The van der Waals surface area contributed by atoms with Gasteiger partial charge in [-0.2, -0.15) is 0 Å². The number of carbonyl (C=O) groups is 1. The summed E-state index contributed by atoms with van der Waals surface area (Å²) in [5.41, 5.74) is 7.19. The van der Waals surface area contributed by atoms with E-state index in [9.17, 15) is 4.79 Å². The van der Waals surface area contributed by atoms with Crippen LogP contribution in [0.4, 0.5) is 0 Å². The lowest BCUT2D eigenvalue weighted by Gasteiger charge is -2.31. The fourth-order valence-electron chi connectivity index (χ4n) is 4.51. The minimum absolute atomic E-state index is 0.0766. The number of hydrogen-bond donors (Lipinski definition) is 3. The zero-order valence-electron chi connectivity index (χ0n) is 22.6. The molecule has 1 heterocycles. The topological polar surface area (TPSA) is 101 Å². The zero-order chi connectivity index (χ0) is 27.5. The molecule has 0 spiro atoms. The number of methoxy groups -OCH3 is 1. The molecular formula is C31H37N3O5. The zero-order valence-corrected chi connectivity index (χ0v) is 22.6. The highest BCUT2D eigenvalue weighted by Crippen LogP contribution is 2.43. The molecule has 4 rings (SSSR count). The summed E-state index contributed by atoms with van der Waals surface area (Å²) in [5, 5.41) is 9.01. The summed E-state index contributed by atoms with van der Waals surface area (Å²) in [5.74, 6) is 1.46. The second-order valence-corrected chi connectivity index (χ2v) is 9.46. The van der Waals surface area contributed by atoms with Crippen molar-refractivity contribution in [2.24, 2.45) is 4.99 Å². The highest BCUT2D eigenvalue weighted by atomic mass is 16.5. The summed E-state index contributed by atoms with van der Waals surface area (Å²) in [6.07, 6.45) is 2.14. The van der Waals surface area contributed by atoms with Gasteiger partial charge >= 0.3 is 0 Å². The first kappa shape index (κ1) is 28.1. The number of nitrogens with one attached hydrogen (secondary N) is 2. The molecule has 0 fully saturated rings. The molecule has 0 radical (unpaired) electrons. The number of aliphatic hydroxyl groups is 1. The third-order valence-electron chi connectivity index (χ3n) is 6.60. The molecule has 8 nitrogen and oxygen atoms in total. The average molecular weight is 532 g/mol. The van der Waals surface area contributed by atoms with Gasteiger partial charge in [-0.3, -0.25) is 10.2 Å². The summed E-state index contributed by atoms with van der Waals surface area (Å²) in [6.45, 7) is 3.26. The van der Waals surface area contributed by atoms with Crippen LogP contribution in [0.15, 0.2) is 83.9 Å². The van der Waals surface area contributed by atoms with Crippen LogP contribution in [0.5, 0.6) is 11.5 Å². The van der Waals surface area contributed by atoms with Crippen LogP contribution in [0, 0.1) is 0 Å². The van der Waals surface area contributed by atoms with E-state index < -0.39 is 11.6 Å². The van der Waals surface area contributed by atoms with Crippen LogP contribution in [-0.4, -0.2) is 49.3 Å². The van der Waals surface area contributed by atoms with Gasteiger partial charge < -0.3 is 19.3 Å². The number of unbranched alkanes of at least 4 members (excludes halogenated alkanes) is 1. The standard InChI is InChI=1S/C31H37N3O5/c1-3-4-18-32-34-30(36)31(22-23-10-6-5-7-11-23)28(25-12-8-13-27(21-25)37-2)39-29(33-31)24-14-16-26(17-15-24)38-20-9-19-35/h5-8,10-17,21,28,32,35H,3-4,9,18-20,22H2,1-2H3,(H,34,36)/t28-,31-/m0/s1. The lowest BCUT2D eigenvalue weighted by Crippen LogP contribution is -2.54. The van der Waals surface area contributed by atoms with Gasteiger partial charge in [0.15, 0.2) is 11.6 Å². The van der Waals surface area contributed by atoms with Gasteiger partial charge in [0.1, 0.15) is 11.5 Å². The van der Waals surface area contributed by atoms with Crippen molar-refractivity contribution < 1.29 is 24.1 Å². The maximum atomic E-state index is 14.0. The Bertz CT molecular complexity index is 1230. The molecule has 3 N–H and O–H groups in total. The average Bonchev–Trinajstić information content (AvgIpc) is 3.36. The van der Waals surface area contributed by atoms with Gasteiger partial charge in [-0.05, 0) is 53.9 Å². The fraction of sp³-hybridized carbons (Fsp3) is 0.355. The molecule has 0 aromatic heterocycles. The summed E-state index contributed by atoms with van der Waals surface area (Å²) < 4.78 is 17.7. The van der Waals surface area contributed by atoms with Crippen LogP contribution in [0.1, 0.15) is 49.0 Å². The van der Waals surface area contributed by atoms with Crippen LogP contribution in [0.3, 0.4) is 0 Å². The Morgan fingerprint density at radius 2 is 1.82 bits per heavy atom. The highest BCUT2D eigenvalue weighted by molar-refractivity contribution is 6.01. The second kappa shape index (κ2) is 13.8. The molecule has 8 heteroatoms.